The lowest BCUT2D eigenvalue weighted by Crippen LogP contribution is -2.29. The monoisotopic (exact) mass is 182 g/mol. The van der Waals surface area contributed by atoms with E-state index in [0.29, 0.717) is 0 Å². The predicted molar refractivity (Wildman–Crippen MR) is 52.2 cm³/mol. The third-order valence-electron chi connectivity index (χ3n) is 1.65. The highest BCUT2D eigenvalue weighted by molar-refractivity contribution is 4.74. The molecule has 0 aliphatic rings. The second kappa shape index (κ2) is 3.36. The van der Waals surface area contributed by atoms with E-state index in [4.69, 9.17) is 0 Å². The molecule has 0 aromatic carbocycles. The molecule has 1 heterocycles. The average Bonchev–Trinajstić information content (AvgIpc) is 2.30. The molecule has 0 bridgehead atoms. The number of hydrogen-bond donors (Lipinski definition) is 0. The summed E-state index contributed by atoms with van der Waals surface area (Å²) in [5.41, 5.74) is 0.875. The smallest absolute Gasteiger partial charge is 0.223 e. The van der Waals surface area contributed by atoms with Crippen molar-refractivity contribution < 1.29 is 0 Å². The van der Waals surface area contributed by atoms with Crippen LogP contribution in [0.25, 0.3) is 0 Å². The van der Waals surface area contributed by atoms with Gasteiger partial charge in [0.1, 0.15) is 6.33 Å². The summed E-state index contributed by atoms with van der Waals surface area (Å²) >= 11 is 0. The number of hydrogen-bond acceptors (Lipinski definition) is 2. The van der Waals surface area contributed by atoms with Crippen LogP contribution in [0.1, 0.15) is 27.7 Å². The van der Waals surface area contributed by atoms with Gasteiger partial charge in [-0.1, -0.05) is 0 Å². The van der Waals surface area contributed by atoms with E-state index in [1.807, 2.05) is 16.3 Å². The molecule has 0 radical (unpaired) electrons. The largest absolute Gasteiger partial charge is 0.303 e. The van der Waals surface area contributed by atoms with E-state index in [0.717, 1.165) is 12.2 Å². The van der Waals surface area contributed by atoms with Crippen LogP contribution < -0.4 is 5.62 Å². The molecule has 74 valence electrons. The van der Waals surface area contributed by atoms with Gasteiger partial charge in [-0.05, 0) is 27.7 Å². The van der Waals surface area contributed by atoms with Crippen LogP contribution in [0.2, 0.25) is 0 Å². The molecule has 1 aromatic rings. The Bertz CT molecular complexity index is 337. The van der Waals surface area contributed by atoms with Crippen LogP contribution in [0, 0.1) is 0 Å². The third-order valence-corrected chi connectivity index (χ3v) is 1.65. The van der Waals surface area contributed by atoms with Gasteiger partial charge in [0.25, 0.3) is 0 Å². The Hall–Kier alpha value is -1.06. The standard InChI is InChI=1S/C9H18N4/c1-6-13-8(11-9(2,3)4)12(5)7-10-13/h7H,6H2,1-5H3/b11-8-. The van der Waals surface area contributed by atoms with E-state index >= 15 is 0 Å². The Kier molecular flexibility index (Phi) is 2.59. The minimum Gasteiger partial charge on any atom is -0.303 e. The normalized spacial score (nSPS) is 13.8. The lowest BCUT2D eigenvalue weighted by atomic mass is 10.1. The van der Waals surface area contributed by atoms with Gasteiger partial charge in [-0.2, -0.15) is 5.10 Å². The molecule has 0 fully saturated rings. The molecule has 0 atom stereocenters. The van der Waals surface area contributed by atoms with E-state index in [1.165, 1.54) is 0 Å². The molecule has 4 nitrogen and oxygen atoms in total. The zero-order valence-corrected chi connectivity index (χ0v) is 9.07. The zero-order chi connectivity index (χ0) is 10.1. The van der Waals surface area contributed by atoms with Crippen molar-refractivity contribution in [2.75, 3.05) is 0 Å². The molecule has 4 heteroatoms. The van der Waals surface area contributed by atoms with Gasteiger partial charge in [-0.15, -0.1) is 0 Å². The molecular weight excluding hydrogens is 164 g/mol. The maximum Gasteiger partial charge on any atom is 0.223 e. The van der Waals surface area contributed by atoms with Crippen molar-refractivity contribution in [2.24, 2.45) is 12.0 Å². The van der Waals surface area contributed by atoms with Gasteiger partial charge in [0.05, 0.1) is 5.54 Å². The summed E-state index contributed by atoms with van der Waals surface area (Å²) in [6.07, 6.45) is 1.79. The molecule has 1 aromatic heterocycles. The van der Waals surface area contributed by atoms with Crippen LogP contribution in [0.4, 0.5) is 0 Å². The highest BCUT2D eigenvalue weighted by Crippen LogP contribution is 2.03. The van der Waals surface area contributed by atoms with Crippen molar-refractivity contribution in [3.05, 3.63) is 11.9 Å². The van der Waals surface area contributed by atoms with Crippen LogP contribution in [0.15, 0.2) is 11.3 Å². The number of rotatable bonds is 1. The maximum atomic E-state index is 4.59. The molecule has 0 N–H and O–H groups in total. The molecule has 0 unspecified atom stereocenters. The van der Waals surface area contributed by atoms with Gasteiger partial charge in [0.15, 0.2) is 0 Å². The first-order chi connectivity index (χ1) is 5.94. The van der Waals surface area contributed by atoms with Crippen LogP contribution >= 0.6 is 0 Å². The van der Waals surface area contributed by atoms with E-state index in [2.05, 4.69) is 37.8 Å². The van der Waals surface area contributed by atoms with Crippen molar-refractivity contribution in [1.82, 2.24) is 14.3 Å². The van der Waals surface area contributed by atoms with Crippen molar-refractivity contribution in [1.29, 1.82) is 0 Å². The predicted octanol–water partition coefficient (Wildman–Crippen LogP) is 0.941. The van der Waals surface area contributed by atoms with Crippen LogP contribution in [-0.4, -0.2) is 19.9 Å². The van der Waals surface area contributed by atoms with E-state index in [9.17, 15) is 0 Å². The third kappa shape index (κ3) is 2.44. The fourth-order valence-electron chi connectivity index (χ4n) is 1.08. The summed E-state index contributed by atoms with van der Waals surface area (Å²) in [4.78, 5) is 4.59. The highest BCUT2D eigenvalue weighted by Gasteiger charge is 2.08. The summed E-state index contributed by atoms with van der Waals surface area (Å²) in [7, 11) is 1.96. The van der Waals surface area contributed by atoms with E-state index < -0.39 is 0 Å². The van der Waals surface area contributed by atoms with Crippen molar-refractivity contribution in [2.45, 2.75) is 39.8 Å². The second-order valence-electron chi connectivity index (χ2n) is 4.14. The van der Waals surface area contributed by atoms with Gasteiger partial charge in [-0.25, -0.2) is 9.67 Å². The number of aryl methyl sites for hydroxylation is 2. The highest BCUT2D eigenvalue weighted by atomic mass is 15.4. The molecule has 0 aliphatic heterocycles. The van der Waals surface area contributed by atoms with Crippen LogP contribution in [0.3, 0.4) is 0 Å². The quantitative estimate of drug-likeness (QED) is 0.636. The topological polar surface area (TPSA) is 35.1 Å². The summed E-state index contributed by atoms with van der Waals surface area (Å²) in [5, 5.41) is 4.20. The van der Waals surface area contributed by atoms with E-state index in [-0.39, 0.29) is 5.54 Å². The molecule has 13 heavy (non-hydrogen) atoms. The van der Waals surface area contributed by atoms with Crippen LogP contribution in [-0.2, 0) is 13.6 Å². The summed E-state index contributed by atoms with van der Waals surface area (Å²) in [6, 6.07) is 0. The van der Waals surface area contributed by atoms with Gasteiger partial charge in [0, 0.05) is 13.6 Å². The summed E-state index contributed by atoms with van der Waals surface area (Å²) < 4.78 is 3.83. The Morgan fingerprint density at radius 1 is 1.46 bits per heavy atom. The maximum absolute atomic E-state index is 4.59. The number of nitrogens with zero attached hydrogens (tertiary/aromatic N) is 4. The fourth-order valence-corrected chi connectivity index (χ4v) is 1.08. The Balaban J connectivity index is 3.26. The Morgan fingerprint density at radius 2 is 2.08 bits per heavy atom. The minimum atomic E-state index is -0.0509. The molecular formula is C9H18N4. The first-order valence-corrected chi connectivity index (χ1v) is 4.58. The number of aromatic nitrogens is 3. The molecule has 1 rings (SSSR count). The first-order valence-electron chi connectivity index (χ1n) is 4.58. The molecule has 0 saturated heterocycles. The Labute approximate surface area is 78.9 Å². The fraction of sp³-hybridized carbons (Fsp3) is 0.778. The van der Waals surface area contributed by atoms with Gasteiger partial charge in [0.2, 0.25) is 5.62 Å². The van der Waals surface area contributed by atoms with Crippen molar-refractivity contribution in [3.63, 3.8) is 0 Å². The van der Waals surface area contributed by atoms with Crippen molar-refractivity contribution >= 4 is 0 Å². The molecule has 0 saturated carbocycles. The average molecular weight is 182 g/mol. The second-order valence-corrected chi connectivity index (χ2v) is 4.14. The van der Waals surface area contributed by atoms with Gasteiger partial charge in [-0.3, -0.25) is 0 Å². The summed E-state index contributed by atoms with van der Waals surface area (Å²) in [6.45, 7) is 9.17. The Morgan fingerprint density at radius 3 is 2.54 bits per heavy atom. The first kappa shape index (κ1) is 10.0. The van der Waals surface area contributed by atoms with Gasteiger partial charge >= 0.3 is 0 Å². The lowest BCUT2D eigenvalue weighted by Gasteiger charge is -2.11. The van der Waals surface area contributed by atoms with Crippen LogP contribution in [0.5, 0.6) is 0 Å². The van der Waals surface area contributed by atoms with E-state index in [1.54, 1.807) is 6.33 Å². The zero-order valence-electron chi connectivity index (χ0n) is 9.07. The lowest BCUT2D eigenvalue weighted by molar-refractivity contribution is 0.513. The molecule has 0 spiro atoms. The summed E-state index contributed by atoms with van der Waals surface area (Å²) in [5.74, 6) is 0. The SMILES string of the molecule is CCn1ncn(C)/c1=N/C(C)(C)C. The van der Waals surface area contributed by atoms with Crippen molar-refractivity contribution in [3.8, 4) is 0 Å². The minimum absolute atomic E-state index is 0.0509. The molecule has 0 amide bonds. The molecule has 0 aliphatic carbocycles. The van der Waals surface area contributed by atoms with Gasteiger partial charge < -0.3 is 4.57 Å².